The Morgan fingerprint density at radius 3 is 2.90 bits per heavy atom. The normalized spacial score (nSPS) is 16.4. The number of aromatic amines is 1. The minimum atomic E-state index is 0.0472. The maximum absolute atomic E-state index is 12.3. The van der Waals surface area contributed by atoms with Crippen molar-refractivity contribution in [2.75, 3.05) is 6.54 Å². The monoisotopic (exact) mass is 270 g/mol. The van der Waals surface area contributed by atoms with Crippen molar-refractivity contribution < 1.29 is 4.79 Å². The number of nitrogens with one attached hydrogen (secondary N) is 2. The molecular weight excluding hydrogens is 248 g/mol. The van der Waals surface area contributed by atoms with Crippen LogP contribution in [0.1, 0.15) is 48.9 Å². The van der Waals surface area contributed by atoms with Crippen molar-refractivity contribution in [3.05, 3.63) is 36.0 Å². The van der Waals surface area contributed by atoms with E-state index >= 15 is 0 Å². The van der Waals surface area contributed by atoms with Gasteiger partial charge in [0, 0.05) is 29.2 Å². The molecular formula is C17H22N2O. The third-order valence-electron chi connectivity index (χ3n) is 4.40. The number of benzene rings is 1. The summed E-state index contributed by atoms with van der Waals surface area (Å²) in [6, 6.07) is 7.78. The van der Waals surface area contributed by atoms with Gasteiger partial charge in [-0.25, -0.2) is 0 Å². The molecule has 3 nitrogen and oxygen atoms in total. The summed E-state index contributed by atoms with van der Waals surface area (Å²) >= 11 is 0. The highest BCUT2D eigenvalue weighted by Gasteiger charge is 2.14. The highest BCUT2D eigenvalue weighted by molar-refractivity contribution is 6.06. The summed E-state index contributed by atoms with van der Waals surface area (Å²) in [6.07, 6.45) is 9.78. The van der Waals surface area contributed by atoms with Crippen LogP contribution < -0.4 is 5.32 Å². The van der Waals surface area contributed by atoms with E-state index in [9.17, 15) is 4.79 Å². The quantitative estimate of drug-likeness (QED) is 0.870. The highest BCUT2D eigenvalue weighted by Crippen LogP contribution is 2.25. The van der Waals surface area contributed by atoms with Gasteiger partial charge in [0.05, 0.1) is 0 Å². The molecule has 1 aromatic heterocycles. The van der Waals surface area contributed by atoms with Gasteiger partial charge < -0.3 is 10.3 Å². The number of carbonyl (C=O) groups is 1. The van der Waals surface area contributed by atoms with Crippen LogP contribution in [0.4, 0.5) is 0 Å². The second kappa shape index (κ2) is 6.12. The van der Waals surface area contributed by atoms with Gasteiger partial charge in [-0.15, -0.1) is 0 Å². The maximum atomic E-state index is 12.3. The number of hydrogen-bond donors (Lipinski definition) is 2. The second-order valence-electron chi connectivity index (χ2n) is 5.79. The van der Waals surface area contributed by atoms with Crippen molar-refractivity contribution >= 4 is 16.8 Å². The van der Waals surface area contributed by atoms with Crippen LogP contribution >= 0.6 is 0 Å². The molecule has 0 atom stereocenters. The molecule has 0 saturated heterocycles. The van der Waals surface area contributed by atoms with Crippen LogP contribution in [0.2, 0.25) is 0 Å². The van der Waals surface area contributed by atoms with E-state index < -0.39 is 0 Å². The zero-order chi connectivity index (χ0) is 13.8. The van der Waals surface area contributed by atoms with Gasteiger partial charge >= 0.3 is 0 Å². The molecule has 1 aromatic carbocycles. The van der Waals surface area contributed by atoms with Gasteiger partial charge in [0.15, 0.2) is 0 Å². The van der Waals surface area contributed by atoms with Crippen LogP contribution in [-0.4, -0.2) is 17.4 Å². The second-order valence-corrected chi connectivity index (χ2v) is 5.79. The van der Waals surface area contributed by atoms with Gasteiger partial charge in [0.25, 0.3) is 5.91 Å². The lowest BCUT2D eigenvalue weighted by molar-refractivity contribution is 0.0952. The van der Waals surface area contributed by atoms with Crippen LogP contribution in [0.25, 0.3) is 10.9 Å². The van der Waals surface area contributed by atoms with E-state index in [1.807, 2.05) is 30.5 Å². The molecule has 20 heavy (non-hydrogen) atoms. The average Bonchev–Trinajstić information content (AvgIpc) is 2.96. The van der Waals surface area contributed by atoms with Gasteiger partial charge in [0.1, 0.15) is 0 Å². The molecule has 106 valence electrons. The van der Waals surface area contributed by atoms with Gasteiger partial charge in [-0.2, -0.15) is 0 Å². The summed E-state index contributed by atoms with van der Waals surface area (Å²) < 4.78 is 0. The molecule has 1 heterocycles. The largest absolute Gasteiger partial charge is 0.361 e. The van der Waals surface area contributed by atoms with E-state index in [1.165, 1.54) is 32.1 Å². The van der Waals surface area contributed by atoms with E-state index in [1.54, 1.807) is 0 Å². The number of fused-ring (bicyclic) bond motifs is 1. The number of H-pyrrole nitrogens is 1. The Hall–Kier alpha value is -1.77. The smallest absolute Gasteiger partial charge is 0.251 e. The summed E-state index contributed by atoms with van der Waals surface area (Å²) in [5.41, 5.74) is 1.79. The SMILES string of the molecule is O=C(NCCC1CCCCC1)c1cccc2[nH]ccc12. The molecule has 3 rings (SSSR count). The fourth-order valence-corrected chi connectivity index (χ4v) is 3.24. The van der Waals surface area contributed by atoms with Crippen LogP contribution in [0.3, 0.4) is 0 Å². The van der Waals surface area contributed by atoms with Crippen molar-refractivity contribution in [3.63, 3.8) is 0 Å². The molecule has 0 unspecified atom stereocenters. The van der Waals surface area contributed by atoms with Crippen LogP contribution in [0, 0.1) is 5.92 Å². The molecule has 1 aliphatic rings. The predicted octanol–water partition coefficient (Wildman–Crippen LogP) is 3.87. The van der Waals surface area contributed by atoms with Crippen LogP contribution in [0.5, 0.6) is 0 Å². The topological polar surface area (TPSA) is 44.9 Å². The first kappa shape index (κ1) is 13.2. The summed E-state index contributed by atoms with van der Waals surface area (Å²) in [6.45, 7) is 0.796. The minimum absolute atomic E-state index is 0.0472. The Morgan fingerprint density at radius 1 is 1.20 bits per heavy atom. The Balaban J connectivity index is 1.57. The highest BCUT2D eigenvalue weighted by atomic mass is 16.1. The lowest BCUT2D eigenvalue weighted by Gasteiger charge is -2.21. The van der Waals surface area contributed by atoms with Crippen molar-refractivity contribution in [2.24, 2.45) is 5.92 Å². The van der Waals surface area contributed by atoms with Gasteiger partial charge in [0.2, 0.25) is 0 Å². The molecule has 0 radical (unpaired) electrons. The number of aromatic nitrogens is 1. The molecule has 3 heteroatoms. The molecule has 0 bridgehead atoms. The molecule has 1 aliphatic carbocycles. The fraction of sp³-hybridized carbons (Fsp3) is 0.471. The summed E-state index contributed by atoms with van der Waals surface area (Å²) in [5.74, 6) is 0.859. The first-order chi connectivity index (χ1) is 9.84. The average molecular weight is 270 g/mol. The number of hydrogen-bond acceptors (Lipinski definition) is 1. The Labute approximate surface area is 119 Å². The lowest BCUT2D eigenvalue weighted by Crippen LogP contribution is -2.26. The third-order valence-corrected chi connectivity index (χ3v) is 4.40. The molecule has 2 N–H and O–H groups in total. The van der Waals surface area contributed by atoms with E-state index in [-0.39, 0.29) is 5.91 Å². The zero-order valence-electron chi connectivity index (χ0n) is 11.8. The van der Waals surface area contributed by atoms with Crippen LogP contribution in [0.15, 0.2) is 30.5 Å². The molecule has 1 fully saturated rings. The van der Waals surface area contributed by atoms with Gasteiger partial charge in [-0.05, 0) is 30.5 Å². The molecule has 0 spiro atoms. The number of carbonyl (C=O) groups excluding carboxylic acids is 1. The van der Waals surface area contributed by atoms with Crippen molar-refractivity contribution in [1.82, 2.24) is 10.3 Å². The molecule has 0 aliphatic heterocycles. The van der Waals surface area contributed by atoms with E-state index in [0.717, 1.165) is 35.3 Å². The summed E-state index contributed by atoms with van der Waals surface area (Å²) in [7, 11) is 0. The standard InChI is InChI=1S/C17H22N2O/c20-17(19-11-9-13-5-2-1-3-6-13)15-7-4-8-16-14(15)10-12-18-16/h4,7-8,10,12-13,18H,1-3,5-6,9,11H2,(H,19,20). The van der Waals surface area contributed by atoms with Crippen molar-refractivity contribution in [3.8, 4) is 0 Å². The van der Waals surface area contributed by atoms with E-state index in [2.05, 4.69) is 10.3 Å². The zero-order valence-corrected chi connectivity index (χ0v) is 11.8. The summed E-state index contributed by atoms with van der Waals surface area (Å²) in [5, 5.41) is 4.08. The lowest BCUT2D eigenvalue weighted by atomic mass is 9.87. The van der Waals surface area contributed by atoms with Gasteiger partial charge in [-0.1, -0.05) is 38.2 Å². The van der Waals surface area contributed by atoms with Crippen molar-refractivity contribution in [2.45, 2.75) is 38.5 Å². The van der Waals surface area contributed by atoms with Gasteiger partial charge in [-0.3, -0.25) is 4.79 Å². The number of rotatable bonds is 4. The minimum Gasteiger partial charge on any atom is -0.361 e. The fourth-order valence-electron chi connectivity index (χ4n) is 3.24. The Bertz CT molecular complexity index is 581. The first-order valence-corrected chi connectivity index (χ1v) is 7.69. The molecule has 1 saturated carbocycles. The summed E-state index contributed by atoms with van der Waals surface area (Å²) in [4.78, 5) is 15.4. The number of amides is 1. The third kappa shape index (κ3) is 2.87. The van der Waals surface area contributed by atoms with Crippen LogP contribution in [-0.2, 0) is 0 Å². The molecule has 1 amide bonds. The maximum Gasteiger partial charge on any atom is 0.251 e. The predicted molar refractivity (Wildman–Crippen MR) is 81.8 cm³/mol. The molecule has 2 aromatic rings. The first-order valence-electron chi connectivity index (χ1n) is 7.69. The Kier molecular flexibility index (Phi) is 4.05. The van der Waals surface area contributed by atoms with Crippen molar-refractivity contribution in [1.29, 1.82) is 0 Å². The van der Waals surface area contributed by atoms with E-state index in [4.69, 9.17) is 0 Å². The van der Waals surface area contributed by atoms with E-state index in [0.29, 0.717) is 0 Å². The Morgan fingerprint density at radius 2 is 2.05 bits per heavy atom.